The minimum Gasteiger partial charge on any atom is -0.352 e. The molecule has 0 bridgehead atoms. The molecule has 1 aliphatic rings. The van der Waals surface area contributed by atoms with E-state index in [2.05, 4.69) is 50.3 Å². The molecule has 4 heteroatoms. The van der Waals surface area contributed by atoms with Crippen molar-refractivity contribution in [3.05, 3.63) is 45.3 Å². The van der Waals surface area contributed by atoms with Crippen molar-refractivity contribution in [2.45, 2.75) is 25.2 Å². The third-order valence-electron chi connectivity index (χ3n) is 3.37. The highest BCUT2D eigenvalue weighted by Gasteiger charge is 2.19. The first kappa shape index (κ1) is 12.2. The van der Waals surface area contributed by atoms with Crippen molar-refractivity contribution in [3.63, 3.8) is 0 Å². The minimum absolute atomic E-state index is 0.871. The van der Waals surface area contributed by atoms with Gasteiger partial charge in [0.1, 0.15) is 5.82 Å². The molecule has 3 heterocycles. The van der Waals surface area contributed by atoms with Crippen LogP contribution in [0.5, 0.6) is 0 Å². The number of anilines is 1. The summed E-state index contributed by atoms with van der Waals surface area (Å²) in [6.45, 7) is 4.23. The maximum absolute atomic E-state index is 4.63. The monoisotopic (exact) mass is 322 g/mol. The van der Waals surface area contributed by atoms with Gasteiger partial charge in [-0.05, 0) is 41.5 Å². The molecule has 0 saturated carbocycles. The maximum Gasteiger partial charge on any atom is 0.131 e. The fourth-order valence-corrected chi connectivity index (χ4v) is 3.66. The third kappa shape index (κ3) is 2.19. The number of rotatable bonds is 2. The van der Waals surface area contributed by atoms with Crippen LogP contribution < -0.4 is 4.90 Å². The number of halogens is 1. The summed E-state index contributed by atoms with van der Waals surface area (Å²) in [7, 11) is 0. The molecular weight excluding hydrogens is 308 g/mol. The number of fused-ring (bicyclic) bond motifs is 1. The molecule has 0 radical (unpaired) electrons. The molecule has 3 rings (SSSR count). The van der Waals surface area contributed by atoms with Gasteiger partial charge >= 0.3 is 0 Å². The average molecular weight is 323 g/mol. The van der Waals surface area contributed by atoms with E-state index >= 15 is 0 Å². The van der Waals surface area contributed by atoms with Crippen molar-refractivity contribution >= 4 is 33.1 Å². The van der Waals surface area contributed by atoms with Gasteiger partial charge < -0.3 is 4.90 Å². The summed E-state index contributed by atoms with van der Waals surface area (Å²) in [5, 5.41) is 3.07. The van der Waals surface area contributed by atoms with E-state index in [0.717, 1.165) is 30.7 Å². The SMILES string of the molecule is Cc1cc(CBr)cnc1N1CCc2sccc2C1. The molecular formula is C14H15BrN2S. The first-order chi connectivity index (χ1) is 8.78. The van der Waals surface area contributed by atoms with Crippen molar-refractivity contribution < 1.29 is 0 Å². The van der Waals surface area contributed by atoms with E-state index in [-0.39, 0.29) is 0 Å². The van der Waals surface area contributed by atoms with Gasteiger partial charge in [0.05, 0.1) is 0 Å². The standard InChI is InChI=1S/C14H15BrN2S/c1-10-6-11(7-15)8-16-14(10)17-4-2-13-12(9-17)3-5-18-13/h3,5-6,8H,2,4,7,9H2,1H3. The highest BCUT2D eigenvalue weighted by Crippen LogP contribution is 2.28. The fourth-order valence-electron chi connectivity index (χ4n) is 2.46. The van der Waals surface area contributed by atoms with Crippen LogP contribution >= 0.6 is 27.3 Å². The van der Waals surface area contributed by atoms with Gasteiger partial charge in [0.2, 0.25) is 0 Å². The molecule has 18 heavy (non-hydrogen) atoms. The Morgan fingerprint density at radius 3 is 3.17 bits per heavy atom. The predicted octanol–water partition coefficient (Wildman–Crippen LogP) is 3.91. The Morgan fingerprint density at radius 1 is 1.50 bits per heavy atom. The number of pyridine rings is 1. The van der Waals surface area contributed by atoms with Crippen molar-refractivity contribution in [3.8, 4) is 0 Å². The van der Waals surface area contributed by atoms with Crippen LogP contribution in [-0.2, 0) is 18.3 Å². The normalized spacial score (nSPS) is 14.7. The van der Waals surface area contributed by atoms with Crippen LogP contribution in [0.15, 0.2) is 23.7 Å². The number of hydrogen-bond donors (Lipinski definition) is 0. The Kier molecular flexibility index (Phi) is 3.39. The van der Waals surface area contributed by atoms with Gasteiger partial charge in [-0.2, -0.15) is 0 Å². The maximum atomic E-state index is 4.63. The minimum atomic E-state index is 0.871. The van der Waals surface area contributed by atoms with Crippen molar-refractivity contribution in [2.24, 2.45) is 0 Å². The Bertz CT molecular complexity index is 565. The summed E-state index contributed by atoms with van der Waals surface area (Å²) in [6, 6.07) is 4.47. The Morgan fingerprint density at radius 2 is 2.39 bits per heavy atom. The molecule has 0 aliphatic carbocycles. The summed E-state index contributed by atoms with van der Waals surface area (Å²) in [5.74, 6) is 1.14. The summed E-state index contributed by atoms with van der Waals surface area (Å²) in [6.07, 6.45) is 3.12. The van der Waals surface area contributed by atoms with Crippen LogP contribution in [0, 0.1) is 6.92 Å². The second-order valence-corrected chi connectivity index (χ2v) is 6.22. The molecule has 0 saturated heterocycles. The molecule has 0 unspecified atom stereocenters. The largest absolute Gasteiger partial charge is 0.352 e. The lowest BCUT2D eigenvalue weighted by Crippen LogP contribution is -2.30. The topological polar surface area (TPSA) is 16.1 Å². The van der Waals surface area contributed by atoms with Gasteiger partial charge in [0.15, 0.2) is 0 Å². The number of alkyl halides is 1. The number of aryl methyl sites for hydroxylation is 1. The molecule has 0 N–H and O–H groups in total. The van der Waals surface area contributed by atoms with Crippen molar-refractivity contribution in [2.75, 3.05) is 11.4 Å². The van der Waals surface area contributed by atoms with Crippen LogP contribution in [0.2, 0.25) is 0 Å². The molecule has 94 valence electrons. The highest BCUT2D eigenvalue weighted by molar-refractivity contribution is 9.08. The van der Waals surface area contributed by atoms with Gasteiger partial charge in [0.25, 0.3) is 0 Å². The lowest BCUT2D eigenvalue weighted by Gasteiger charge is -2.29. The Balaban J connectivity index is 1.88. The van der Waals surface area contributed by atoms with Crippen LogP contribution in [0.3, 0.4) is 0 Å². The van der Waals surface area contributed by atoms with Gasteiger partial charge in [-0.25, -0.2) is 4.98 Å². The average Bonchev–Trinajstić information content (AvgIpc) is 2.85. The molecule has 0 aromatic carbocycles. The van der Waals surface area contributed by atoms with E-state index < -0.39 is 0 Å². The quantitative estimate of drug-likeness (QED) is 0.779. The van der Waals surface area contributed by atoms with Crippen molar-refractivity contribution in [1.29, 1.82) is 0 Å². The Hall–Kier alpha value is -0.870. The Labute approximate surface area is 120 Å². The van der Waals surface area contributed by atoms with E-state index in [1.165, 1.54) is 16.7 Å². The van der Waals surface area contributed by atoms with Crippen molar-refractivity contribution in [1.82, 2.24) is 4.98 Å². The molecule has 0 amide bonds. The second-order valence-electron chi connectivity index (χ2n) is 4.66. The molecule has 2 nitrogen and oxygen atoms in total. The zero-order chi connectivity index (χ0) is 12.5. The molecule has 0 spiro atoms. The van der Waals surface area contributed by atoms with E-state index in [4.69, 9.17) is 0 Å². The summed E-state index contributed by atoms with van der Waals surface area (Å²) in [5.41, 5.74) is 3.98. The number of hydrogen-bond acceptors (Lipinski definition) is 3. The first-order valence-electron chi connectivity index (χ1n) is 6.09. The van der Waals surface area contributed by atoms with Gasteiger partial charge in [-0.1, -0.05) is 22.0 Å². The van der Waals surface area contributed by atoms with Gasteiger partial charge in [0, 0.05) is 29.5 Å². The molecule has 1 aliphatic heterocycles. The number of nitrogens with zero attached hydrogens (tertiary/aromatic N) is 2. The smallest absolute Gasteiger partial charge is 0.131 e. The molecule has 2 aromatic rings. The van der Waals surface area contributed by atoms with Crippen LogP contribution in [-0.4, -0.2) is 11.5 Å². The van der Waals surface area contributed by atoms with Crippen LogP contribution in [0.1, 0.15) is 21.6 Å². The number of aromatic nitrogens is 1. The molecule has 0 fully saturated rings. The highest BCUT2D eigenvalue weighted by atomic mass is 79.9. The third-order valence-corrected chi connectivity index (χ3v) is 5.04. The summed E-state index contributed by atoms with van der Waals surface area (Å²) in [4.78, 5) is 8.56. The first-order valence-corrected chi connectivity index (χ1v) is 8.09. The zero-order valence-corrected chi connectivity index (χ0v) is 12.7. The number of thiophene rings is 1. The van der Waals surface area contributed by atoms with E-state index in [0.29, 0.717) is 0 Å². The zero-order valence-electron chi connectivity index (χ0n) is 10.3. The van der Waals surface area contributed by atoms with E-state index in [1.54, 1.807) is 4.88 Å². The predicted molar refractivity (Wildman–Crippen MR) is 80.7 cm³/mol. The van der Waals surface area contributed by atoms with E-state index in [1.807, 2.05) is 17.5 Å². The van der Waals surface area contributed by atoms with Gasteiger partial charge in [-0.15, -0.1) is 11.3 Å². The molecule has 0 atom stereocenters. The second kappa shape index (κ2) is 5.02. The molecule has 2 aromatic heterocycles. The summed E-state index contributed by atoms with van der Waals surface area (Å²) < 4.78 is 0. The lowest BCUT2D eigenvalue weighted by atomic mass is 10.1. The van der Waals surface area contributed by atoms with E-state index in [9.17, 15) is 0 Å². The lowest BCUT2D eigenvalue weighted by molar-refractivity contribution is 0.729. The summed E-state index contributed by atoms with van der Waals surface area (Å²) >= 11 is 5.36. The van der Waals surface area contributed by atoms with Crippen LogP contribution in [0.25, 0.3) is 0 Å². The fraction of sp³-hybridized carbons (Fsp3) is 0.357. The van der Waals surface area contributed by atoms with Gasteiger partial charge in [-0.3, -0.25) is 0 Å². The van der Waals surface area contributed by atoms with Crippen LogP contribution in [0.4, 0.5) is 5.82 Å².